The summed E-state index contributed by atoms with van der Waals surface area (Å²) in [6.07, 6.45) is 3.58. The van der Waals surface area contributed by atoms with Gasteiger partial charge in [0.15, 0.2) is 0 Å². The lowest BCUT2D eigenvalue weighted by Crippen LogP contribution is -2.28. The van der Waals surface area contributed by atoms with Crippen molar-refractivity contribution in [2.45, 2.75) is 0 Å². The fraction of sp³-hybridized carbons (Fsp3) is 0.217. The minimum absolute atomic E-state index is 0.599. The zero-order valence-electron chi connectivity index (χ0n) is 15.9. The number of aromatic nitrogens is 2. The van der Waals surface area contributed by atoms with Crippen LogP contribution in [0.1, 0.15) is 0 Å². The number of hydrogen-bond donors (Lipinski definition) is 0. The van der Waals surface area contributed by atoms with Crippen LogP contribution in [0.4, 0.5) is 0 Å². The molecule has 2 heterocycles. The number of pyridine rings is 2. The van der Waals surface area contributed by atoms with Crippen LogP contribution in [0.5, 0.6) is 11.5 Å². The van der Waals surface area contributed by atoms with Crippen LogP contribution in [0.3, 0.4) is 0 Å². The van der Waals surface area contributed by atoms with Gasteiger partial charge in [-0.1, -0.05) is 36.4 Å². The molecule has 0 aliphatic heterocycles. The highest BCUT2D eigenvalue weighted by molar-refractivity contribution is 5.84. The molecule has 0 N–H and O–H groups in total. The molecule has 0 spiro atoms. The highest BCUT2D eigenvalue weighted by Gasteiger charge is 2.06. The predicted octanol–water partition coefficient (Wildman–Crippen LogP) is 4.17. The van der Waals surface area contributed by atoms with E-state index in [0.717, 1.165) is 46.4 Å². The molecule has 28 heavy (non-hydrogen) atoms. The van der Waals surface area contributed by atoms with Crippen LogP contribution >= 0.6 is 0 Å². The van der Waals surface area contributed by atoms with Crippen LogP contribution < -0.4 is 9.47 Å². The monoisotopic (exact) mass is 373 g/mol. The third-order valence-electron chi connectivity index (χ3n) is 4.65. The van der Waals surface area contributed by atoms with Gasteiger partial charge in [0.25, 0.3) is 0 Å². The van der Waals surface area contributed by atoms with Crippen molar-refractivity contribution in [2.24, 2.45) is 0 Å². The van der Waals surface area contributed by atoms with Gasteiger partial charge in [-0.3, -0.25) is 14.9 Å². The lowest BCUT2D eigenvalue weighted by molar-refractivity contribution is 0.203. The van der Waals surface area contributed by atoms with Crippen LogP contribution in [0.15, 0.2) is 73.1 Å². The Balaban J connectivity index is 1.26. The van der Waals surface area contributed by atoms with Crippen LogP contribution in [-0.4, -0.2) is 48.2 Å². The van der Waals surface area contributed by atoms with Gasteiger partial charge in [0.2, 0.25) is 0 Å². The number of para-hydroxylation sites is 2. The number of benzene rings is 2. The van der Waals surface area contributed by atoms with E-state index in [-0.39, 0.29) is 0 Å². The predicted molar refractivity (Wildman–Crippen MR) is 112 cm³/mol. The first-order valence-electron chi connectivity index (χ1n) is 9.43. The van der Waals surface area contributed by atoms with E-state index in [9.17, 15) is 0 Å². The van der Waals surface area contributed by atoms with Crippen molar-refractivity contribution in [3.63, 3.8) is 0 Å². The number of ether oxygens (including phenoxy) is 2. The topological polar surface area (TPSA) is 47.5 Å². The third kappa shape index (κ3) is 4.21. The average molecular weight is 373 g/mol. The van der Waals surface area contributed by atoms with Crippen LogP contribution in [-0.2, 0) is 0 Å². The fourth-order valence-corrected chi connectivity index (χ4v) is 3.12. The second-order valence-corrected chi connectivity index (χ2v) is 6.66. The maximum atomic E-state index is 5.96. The number of hydrogen-bond acceptors (Lipinski definition) is 5. The highest BCUT2D eigenvalue weighted by atomic mass is 16.5. The summed E-state index contributed by atoms with van der Waals surface area (Å²) in [5, 5.41) is 2.18. The lowest BCUT2D eigenvalue weighted by atomic mass is 10.2. The Hall–Kier alpha value is -3.18. The molecule has 0 unspecified atom stereocenters. The molecular formula is C23H23N3O2. The highest BCUT2D eigenvalue weighted by Crippen LogP contribution is 2.23. The molecule has 0 aliphatic carbocycles. The van der Waals surface area contributed by atoms with Gasteiger partial charge < -0.3 is 9.47 Å². The number of likely N-dealkylation sites (N-methyl/N-ethyl adjacent to an activating group) is 1. The normalized spacial score (nSPS) is 11.2. The van der Waals surface area contributed by atoms with E-state index < -0.39 is 0 Å². The molecule has 0 radical (unpaired) electrons. The quantitative estimate of drug-likeness (QED) is 0.464. The van der Waals surface area contributed by atoms with E-state index in [1.54, 1.807) is 12.4 Å². The second-order valence-electron chi connectivity index (χ2n) is 6.66. The molecule has 0 amide bonds. The van der Waals surface area contributed by atoms with Crippen LogP contribution in [0.25, 0.3) is 21.8 Å². The lowest BCUT2D eigenvalue weighted by Gasteiger charge is -2.18. The average Bonchev–Trinajstić information content (AvgIpc) is 2.74. The van der Waals surface area contributed by atoms with Crippen molar-refractivity contribution >= 4 is 21.8 Å². The number of rotatable bonds is 8. The van der Waals surface area contributed by atoms with Gasteiger partial charge in [0, 0.05) is 36.3 Å². The van der Waals surface area contributed by atoms with Crippen molar-refractivity contribution in [2.75, 3.05) is 33.4 Å². The first kappa shape index (κ1) is 18.2. The Bertz CT molecular complexity index is 972. The molecule has 0 atom stereocenters. The Labute approximate surface area is 164 Å². The molecule has 0 saturated carbocycles. The summed E-state index contributed by atoms with van der Waals surface area (Å²) in [6.45, 7) is 2.81. The Morgan fingerprint density at radius 1 is 0.679 bits per heavy atom. The molecule has 0 bridgehead atoms. The molecule has 4 aromatic rings. The molecule has 0 aliphatic rings. The number of nitrogens with zero attached hydrogens (tertiary/aromatic N) is 3. The van der Waals surface area contributed by atoms with Gasteiger partial charge in [-0.2, -0.15) is 0 Å². The molecular weight excluding hydrogens is 350 g/mol. The Morgan fingerprint density at radius 3 is 1.64 bits per heavy atom. The zero-order valence-corrected chi connectivity index (χ0v) is 15.9. The molecule has 4 rings (SSSR count). The van der Waals surface area contributed by atoms with Gasteiger partial charge in [-0.25, -0.2) is 0 Å². The fourth-order valence-electron chi connectivity index (χ4n) is 3.12. The van der Waals surface area contributed by atoms with E-state index in [1.165, 1.54) is 0 Å². The first-order chi connectivity index (χ1) is 13.8. The van der Waals surface area contributed by atoms with Crippen LogP contribution in [0, 0.1) is 0 Å². The van der Waals surface area contributed by atoms with E-state index in [0.29, 0.717) is 13.2 Å². The molecule has 0 fully saturated rings. The van der Waals surface area contributed by atoms with E-state index >= 15 is 0 Å². The molecule has 0 saturated heterocycles. The summed E-state index contributed by atoms with van der Waals surface area (Å²) < 4.78 is 11.9. The SMILES string of the molecule is CN(CCOc1cccc2cccnc12)CCOc1cccc2cccnc12. The van der Waals surface area contributed by atoms with Crippen molar-refractivity contribution < 1.29 is 9.47 Å². The summed E-state index contributed by atoms with van der Waals surface area (Å²) in [5.74, 6) is 1.65. The summed E-state index contributed by atoms with van der Waals surface area (Å²) in [7, 11) is 2.06. The van der Waals surface area contributed by atoms with Crippen molar-refractivity contribution in [3.05, 3.63) is 73.1 Å². The van der Waals surface area contributed by atoms with Gasteiger partial charge >= 0.3 is 0 Å². The summed E-state index contributed by atoms with van der Waals surface area (Å²) in [5.41, 5.74) is 1.80. The summed E-state index contributed by atoms with van der Waals surface area (Å²) >= 11 is 0. The van der Waals surface area contributed by atoms with E-state index in [4.69, 9.17) is 9.47 Å². The van der Waals surface area contributed by atoms with E-state index in [1.807, 2.05) is 60.7 Å². The second kappa shape index (κ2) is 8.67. The van der Waals surface area contributed by atoms with Crippen molar-refractivity contribution in [3.8, 4) is 11.5 Å². The zero-order chi connectivity index (χ0) is 19.2. The van der Waals surface area contributed by atoms with Gasteiger partial charge in [0.05, 0.1) is 0 Å². The van der Waals surface area contributed by atoms with Gasteiger partial charge in [0.1, 0.15) is 35.7 Å². The van der Waals surface area contributed by atoms with Crippen LogP contribution in [0.2, 0.25) is 0 Å². The number of fused-ring (bicyclic) bond motifs is 2. The largest absolute Gasteiger partial charge is 0.490 e. The molecule has 2 aromatic carbocycles. The molecule has 5 nitrogen and oxygen atoms in total. The maximum absolute atomic E-state index is 5.96. The maximum Gasteiger partial charge on any atom is 0.145 e. The van der Waals surface area contributed by atoms with Gasteiger partial charge in [-0.15, -0.1) is 0 Å². The summed E-state index contributed by atoms with van der Waals surface area (Å²) in [4.78, 5) is 11.0. The molecule has 5 heteroatoms. The minimum Gasteiger partial charge on any atom is -0.490 e. The van der Waals surface area contributed by atoms with Crippen molar-refractivity contribution in [1.82, 2.24) is 14.9 Å². The standard InChI is InChI=1S/C23H23N3O2/c1-26(14-16-27-20-10-2-6-18-8-4-12-24-22(18)20)15-17-28-21-11-3-7-19-9-5-13-25-23(19)21/h2-13H,14-17H2,1H3. The third-order valence-corrected chi connectivity index (χ3v) is 4.65. The van der Waals surface area contributed by atoms with Crippen molar-refractivity contribution in [1.29, 1.82) is 0 Å². The Morgan fingerprint density at radius 2 is 1.14 bits per heavy atom. The minimum atomic E-state index is 0.599. The Kier molecular flexibility index (Phi) is 5.64. The molecule has 2 aromatic heterocycles. The summed E-state index contributed by atoms with van der Waals surface area (Å²) in [6, 6.07) is 20.0. The smallest absolute Gasteiger partial charge is 0.145 e. The van der Waals surface area contributed by atoms with E-state index in [2.05, 4.69) is 21.9 Å². The van der Waals surface area contributed by atoms with Gasteiger partial charge in [-0.05, 0) is 31.3 Å². The molecule has 142 valence electrons. The first-order valence-corrected chi connectivity index (χ1v) is 9.43.